The number of nitrogens with zero attached hydrogens (tertiary/aromatic N) is 3. The average molecular weight is 420 g/mol. The Morgan fingerprint density at radius 2 is 1.83 bits per heavy atom. The molecule has 2 heterocycles. The number of benzene rings is 2. The van der Waals surface area contributed by atoms with Gasteiger partial charge < -0.3 is 0 Å². The molecule has 0 saturated carbocycles. The molecule has 0 unspecified atom stereocenters. The highest BCUT2D eigenvalue weighted by Gasteiger charge is 2.33. The van der Waals surface area contributed by atoms with Crippen molar-refractivity contribution >= 4 is 46.2 Å². The van der Waals surface area contributed by atoms with Gasteiger partial charge in [0.05, 0.1) is 10.6 Å². The van der Waals surface area contributed by atoms with Crippen molar-refractivity contribution in [2.24, 2.45) is 4.99 Å². The topological polar surface area (TPSA) is 45.6 Å². The maximum atomic E-state index is 13.1. The summed E-state index contributed by atoms with van der Waals surface area (Å²) in [6.45, 7) is 0.545. The third kappa shape index (κ3) is 4.94. The van der Waals surface area contributed by atoms with Crippen molar-refractivity contribution < 1.29 is 4.79 Å². The molecule has 0 atom stereocenters. The normalized spacial score (nSPS) is 16.7. The van der Waals surface area contributed by atoms with Gasteiger partial charge in [-0.15, -0.1) is 0 Å². The number of para-hydroxylation sites is 1. The van der Waals surface area contributed by atoms with E-state index >= 15 is 0 Å². The third-order valence-corrected chi connectivity index (χ3v) is 5.65. The van der Waals surface area contributed by atoms with Gasteiger partial charge in [-0.2, -0.15) is 0 Å². The molecule has 0 spiro atoms. The molecule has 4 nitrogen and oxygen atoms in total. The fourth-order valence-electron chi connectivity index (χ4n) is 2.91. The van der Waals surface area contributed by atoms with Crippen molar-refractivity contribution in [3.63, 3.8) is 0 Å². The first-order valence-corrected chi connectivity index (χ1v) is 10.4. The van der Waals surface area contributed by atoms with Crippen molar-refractivity contribution in [2.45, 2.75) is 6.42 Å². The second kappa shape index (κ2) is 9.07. The molecule has 1 aliphatic rings. The number of carbonyl (C=O) groups excluding carboxylic acids is 1. The van der Waals surface area contributed by atoms with E-state index in [1.807, 2.05) is 72.8 Å². The number of amidine groups is 1. The average Bonchev–Trinajstić information content (AvgIpc) is 3.03. The predicted molar refractivity (Wildman–Crippen MR) is 120 cm³/mol. The Hall–Kier alpha value is -2.89. The number of hydrogen-bond donors (Lipinski definition) is 0. The number of aliphatic imine (C=N–C) groups is 1. The van der Waals surface area contributed by atoms with Crippen molar-refractivity contribution in [3.05, 3.63) is 100 Å². The summed E-state index contributed by atoms with van der Waals surface area (Å²) in [6, 6.07) is 21.2. The highest BCUT2D eigenvalue weighted by atomic mass is 35.5. The number of aromatic nitrogens is 1. The van der Waals surface area contributed by atoms with E-state index in [1.165, 1.54) is 11.8 Å². The molecule has 2 aromatic carbocycles. The van der Waals surface area contributed by atoms with Crippen LogP contribution in [0.2, 0.25) is 5.02 Å². The molecule has 1 aromatic heterocycles. The van der Waals surface area contributed by atoms with Crippen LogP contribution in [0, 0.1) is 0 Å². The Labute approximate surface area is 179 Å². The maximum absolute atomic E-state index is 13.1. The van der Waals surface area contributed by atoms with E-state index in [2.05, 4.69) is 4.98 Å². The lowest BCUT2D eigenvalue weighted by molar-refractivity contribution is -0.122. The Kier molecular flexibility index (Phi) is 6.08. The summed E-state index contributed by atoms with van der Waals surface area (Å²) in [5.41, 5.74) is 2.83. The van der Waals surface area contributed by atoms with Gasteiger partial charge >= 0.3 is 0 Å². The molecule has 0 bridgehead atoms. The molecule has 29 heavy (non-hydrogen) atoms. The molecule has 1 aliphatic heterocycles. The van der Waals surface area contributed by atoms with E-state index in [4.69, 9.17) is 16.6 Å². The maximum Gasteiger partial charge on any atom is 0.266 e. The van der Waals surface area contributed by atoms with Crippen LogP contribution in [0.25, 0.3) is 6.08 Å². The van der Waals surface area contributed by atoms with Crippen LogP contribution >= 0.6 is 23.4 Å². The molecule has 0 aliphatic carbocycles. The summed E-state index contributed by atoms with van der Waals surface area (Å²) in [4.78, 5) is 24.3. The van der Waals surface area contributed by atoms with Crippen LogP contribution in [-0.4, -0.2) is 27.5 Å². The molecule has 0 N–H and O–H groups in total. The van der Waals surface area contributed by atoms with Gasteiger partial charge in [0, 0.05) is 24.0 Å². The van der Waals surface area contributed by atoms with Crippen LogP contribution in [0.3, 0.4) is 0 Å². The number of rotatable bonds is 5. The lowest BCUT2D eigenvalue weighted by atomic mass is 10.1. The summed E-state index contributed by atoms with van der Waals surface area (Å²) in [5, 5.41) is 1.39. The number of pyridine rings is 1. The zero-order valence-electron chi connectivity index (χ0n) is 15.5. The van der Waals surface area contributed by atoms with Crippen LogP contribution < -0.4 is 0 Å². The summed E-state index contributed by atoms with van der Waals surface area (Å²) < 4.78 is 0. The number of thioether (sulfide) groups is 1. The fraction of sp³-hybridized carbons (Fsp3) is 0.0870. The largest absolute Gasteiger partial charge is 0.286 e. The van der Waals surface area contributed by atoms with Gasteiger partial charge in [0.2, 0.25) is 0 Å². The molecule has 1 saturated heterocycles. The van der Waals surface area contributed by atoms with Crippen LogP contribution in [-0.2, 0) is 11.2 Å². The number of amides is 1. The molecule has 0 radical (unpaired) electrons. The Bertz CT molecular complexity index is 1050. The quantitative estimate of drug-likeness (QED) is 0.507. The minimum Gasteiger partial charge on any atom is -0.286 e. The standard InChI is InChI=1S/C23H18ClN3OS/c24-19-10-8-17(9-11-19)12-14-27-22(28)21(15-18-5-4-13-25-16-18)29-23(27)26-20-6-2-1-3-7-20/h1-11,13,15-16H,12,14H2/b21-15+,26-23?. The highest BCUT2D eigenvalue weighted by Crippen LogP contribution is 2.34. The van der Waals surface area contributed by atoms with Crippen LogP contribution in [0.1, 0.15) is 11.1 Å². The van der Waals surface area contributed by atoms with Gasteiger partial charge in [-0.25, -0.2) is 4.99 Å². The van der Waals surface area contributed by atoms with Crippen molar-refractivity contribution in [1.82, 2.24) is 9.88 Å². The van der Waals surface area contributed by atoms with E-state index in [0.29, 0.717) is 21.6 Å². The van der Waals surface area contributed by atoms with Crippen LogP contribution in [0.5, 0.6) is 0 Å². The van der Waals surface area contributed by atoms with Gasteiger partial charge in [-0.3, -0.25) is 14.7 Å². The van der Waals surface area contributed by atoms with E-state index in [1.54, 1.807) is 17.3 Å². The summed E-state index contributed by atoms with van der Waals surface area (Å²) in [7, 11) is 0. The van der Waals surface area contributed by atoms with Gasteiger partial charge in [0.15, 0.2) is 5.17 Å². The summed E-state index contributed by atoms with van der Waals surface area (Å²) >= 11 is 7.36. The molecule has 6 heteroatoms. The number of carbonyl (C=O) groups is 1. The van der Waals surface area contributed by atoms with E-state index in [9.17, 15) is 4.79 Å². The molecule has 3 aromatic rings. The van der Waals surface area contributed by atoms with Gasteiger partial charge in [-0.05, 0) is 65.7 Å². The molecule has 144 valence electrons. The van der Waals surface area contributed by atoms with E-state index < -0.39 is 0 Å². The lowest BCUT2D eigenvalue weighted by Gasteiger charge is -2.15. The van der Waals surface area contributed by atoms with Crippen molar-refractivity contribution in [3.8, 4) is 0 Å². The first-order valence-electron chi connectivity index (χ1n) is 9.19. The molecule has 4 rings (SSSR count). The predicted octanol–water partition coefficient (Wildman–Crippen LogP) is 5.58. The number of halogens is 1. The second-order valence-electron chi connectivity index (χ2n) is 6.46. The molecular weight excluding hydrogens is 402 g/mol. The number of hydrogen-bond acceptors (Lipinski definition) is 4. The van der Waals surface area contributed by atoms with Crippen LogP contribution in [0.15, 0.2) is 89.0 Å². The zero-order chi connectivity index (χ0) is 20.1. The Balaban J connectivity index is 1.61. The minimum atomic E-state index is -0.0394. The molecule has 1 fully saturated rings. The zero-order valence-corrected chi connectivity index (χ0v) is 17.1. The first kappa shape index (κ1) is 19.4. The van der Waals surface area contributed by atoms with Crippen molar-refractivity contribution in [2.75, 3.05) is 6.54 Å². The third-order valence-electron chi connectivity index (χ3n) is 4.39. The van der Waals surface area contributed by atoms with E-state index in [0.717, 1.165) is 23.2 Å². The minimum absolute atomic E-state index is 0.0394. The Morgan fingerprint density at radius 1 is 1.03 bits per heavy atom. The van der Waals surface area contributed by atoms with Crippen LogP contribution in [0.4, 0.5) is 5.69 Å². The second-order valence-corrected chi connectivity index (χ2v) is 7.91. The SMILES string of the molecule is O=C1/C(=C\c2cccnc2)SC(=Nc2ccccc2)N1CCc1ccc(Cl)cc1. The first-order chi connectivity index (χ1) is 14.2. The summed E-state index contributed by atoms with van der Waals surface area (Å²) in [5.74, 6) is -0.0394. The van der Waals surface area contributed by atoms with Crippen molar-refractivity contribution in [1.29, 1.82) is 0 Å². The fourth-order valence-corrected chi connectivity index (χ4v) is 4.06. The van der Waals surface area contributed by atoms with Gasteiger partial charge in [-0.1, -0.05) is 48.0 Å². The monoisotopic (exact) mass is 419 g/mol. The Morgan fingerprint density at radius 3 is 2.55 bits per heavy atom. The smallest absolute Gasteiger partial charge is 0.266 e. The molecule has 1 amide bonds. The van der Waals surface area contributed by atoms with Gasteiger partial charge in [0.1, 0.15) is 0 Å². The summed E-state index contributed by atoms with van der Waals surface area (Å²) in [6.07, 6.45) is 6.04. The van der Waals surface area contributed by atoms with Gasteiger partial charge in [0.25, 0.3) is 5.91 Å². The lowest BCUT2D eigenvalue weighted by Crippen LogP contribution is -2.31. The van der Waals surface area contributed by atoms with E-state index in [-0.39, 0.29) is 5.91 Å². The molecular formula is C23H18ClN3OS. The highest BCUT2D eigenvalue weighted by molar-refractivity contribution is 8.18.